The average molecular weight is 292 g/mol. The van der Waals surface area contributed by atoms with Crippen molar-refractivity contribution >= 4 is 23.0 Å². The second-order valence-corrected chi connectivity index (χ2v) is 5.72. The van der Waals surface area contributed by atoms with E-state index < -0.39 is 0 Å². The summed E-state index contributed by atoms with van der Waals surface area (Å²) in [6, 6.07) is 6.28. The van der Waals surface area contributed by atoms with E-state index in [1.807, 2.05) is 6.07 Å². The fraction of sp³-hybridized carbons (Fsp3) is 0.500. The first-order chi connectivity index (χ1) is 9.69. The summed E-state index contributed by atoms with van der Waals surface area (Å²) in [5, 5.41) is 12.9. The number of benzene rings is 1. The highest BCUT2D eigenvalue weighted by Gasteiger charge is 2.28. The Morgan fingerprint density at radius 2 is 1.95 bits per heavy atom. The second-order valence-electron chi connectivity index (χ2n) is 5.35. The molecule has 0 amide bonds. The Labute approximate surface area is 123 Å². The highest BCUT2D eigenvalue weighted by atomic mass is 35.5. The SMILES string of the molecule is N#Cc1cc(N)c(Cl)c(N2CCN(C3CNC3)CC2)c1. The molecule has 0 aromatic heterocycles. The topological polar surface area (TPSA) is 68.3 Å². The van der Waals surface area contributed by atoms with E-state index in [9.17, 15) is 0 Å². The van der Waals surface area contributed by atoms with Crippen LogP contribution in [0.2, 0.25) is 5.02 Å². The summed E-state index contributed by atoms with van der Waals surface area (Å²) in [6.45, 7) is 6.09. The lowest BCUT2D eigenvalue weighted by molar-refractivity contribution is 0.138. The first-order valence-corrected chi connectivity index (χ1v) is 7.25. The lowest BCUT2D eigenvalue weighted by atomic mass is 10.1. The second kappa shape index (κ2) is 5.49. The van der Waals surface area contributed by atoms with Crippen LogP contribution in [0, 0.1) is 11.3 Å². The number of rotatable bonds is 2. The molecule has 0 aliphatic carbocycles. The first kappa shape index (κ1) is 13.5. The quantitative estimate of drug-likeness (QED) is 0.792. The molecule has 6 heteroatoms. The van der Waals surface area contributed by atoms with Gasteiger partial charge in [0.15, 0.2) is 0 Å². The number of nitrogens with two attached hydrogens (primary N) is 1. The van der Waals surface area contributed by atoms with Crippen LogP contribution >= 0.6 is 11.6 Å². The zero-order valence-electron chi connectivity index (χ0n) is 11.3. The van der Waals surface area contributed by atoms with Crippen LogP contribution < -0.4 is 16.0 Å². The number of nitrogen functional groups attached to an aromatic ring is 1. The van der Waals surface area contributed by atoms with Gasteiger partial charge in [-0.15, -0.1) is 0 Å². The van der Waals surface area contributed by atoms with Crippen molar-refractivity contribution in [3.05, 3.63) is 22.7 Å². The molecule has 0 saturated carbocycles. The minimum absolute atomic E-state index is 0.478. The molecule has 0 radical (unpaired) electrons. The molecule has 2 fully saturated rings. The molecule has 3 rings (SSSR count). The van der Waals surface area contributed by atoms with E-state index in [-0.39, 0.29) is 0 Å². The van der Waals surface area contributed by atoms with Gasteiger partial charge in [0.05, 0.1) is 28.0 Å². The van der Waals surface area contributed by atoms with Crippen molar-refractivity contribution in [2.45, 2.75) is 6.04 Å². The Kier molecular flexibility index (Phi) is 3.70. The third-order valence-corrected chi connectivity index (χ3v) is 4.55. The van der Waals surface area contributed by atoms with E-state index >= 15 is 0 Å². The van der Waals surface area contributed by atoms with E-state index in [0.717, 1.165) is 45.0 Å². The molecule has 2 aliphatic heterocycles. The number of anilines is 2. The minimum atomic E-state index is 0.478. The maximum atomic E-state index is 9.05. The number of hydrogen-bond donors (Lipinski definition) is 2. The van der Waals surface area contributed by atoms with Crippen LogP contribution in [0.5, 0.6) is 0 Å². The molecule has 2 heterocycles. The standard InChI is InChI=1S/C14H18ClN5/c15-14-12(17)5-10(7-16)6-13(14)20-3-1-19(2-4-20)11-8-18-9-11/h5-6,11,18H,1-4,8-9,17H2. The van der Waals surface area contributed by atoms with E-state index in [0.29, 0.717) is 22.3 Å². The van der Waals surface area contributed by atoms with Gasteiger partial charge in [-0.25, -0.2) is 0 Å². The van der Waals surface area contributed by atoms with Gasteiger partial charge in [0.2, 0.25) is 0 Å². The molecule has 3 N–H and O–H groups in total. The molecule has 0 bridgehead atoms. The largest absolute Gasteiger partial charge is 0.397 e. The molecule has 1 aromatic carbocycles. The van der Waals surface area contributed by atoms with Gasteiger partial charge in [-0.1, -0.05) is 11.6 Å². The predicted octanol–water partition coefficient (Wildman–Crippen LogP) is 0.888. The summed E-state index contributed by atoms with van der Waals surface area (Å²) in [5.74, 6) is 0. The van der Waals surface area contributed by atoms with E-state index in [1.54, 1.807) is 6.07 Å². The highest BCUT2D eigenvalue weighted by molar-refractivity contribution is 6.35. The number of piperazine rings is 1. The van der Waals surface area contributed by atoms with Crippen LogP contribution in [0.15, 0.2) is 12.1 Å². The lowest BCUT2D eigenvalue weighted by Crippen LogP contribution is -2.61. The summed E-state index contributed by atoms with van der Waals surface area (Å²) in [4.78, 5) is 4.74. The number of nitrogens with zero attached hydrogens (tertiary/aromatic N) is 3. The average Bonchev–Trinajstić information content (AvgIpc) is 2.41. The van der Waals surface area contributed by atoms with Gasteiger partial charge in [0.1, 0.15) is 0 Å². The Hall–Kier alpha value is -1.48. The third-order valence-electron chi connectivity index (χ3n) is 4.14. The predicted molar refractivity (Wildman–Crippen MR) is 81.0 cm³/mol. The van der Waals surface area contributed by atoms with Gasteiger partial charge >= 0.3 is 0 Å². The van der Waals surface area contributed by atoms with Gasteiger partial charge in [0, 0.05) is 45.3 Å². The molecule has 2 aliphatic rings. The lowest BCUT2D eigenvalue weighted by Gasteiger charge is -2.44. The number of halogens is 1. The van der Waals surface area contributed by atoms with Crippen molar-refractivity contribution in [2.75, 3.05) is 49.9 Å². The van der Waals surface area contributed by atoms with Gasteiger partial charge in [0.25, 0.3) is 0 Å². The summed E-state index contributed by atoms with van der Waals surface area (Å²) in [5.41, 5.74) is 7.81. The highest BCUT2D eigenvalue weighted by Crippen LogP contribution is 2.33. The van der Waals surface area contributed by atoms with Crippen LogP contribution in [-0.2, 0) is 0 Å². The van der Waals surface area contributed by atoms with Crippen molar-refractivity contribution in [1.82, 2.24) is 10.2 Å². The number of nitriles is 1. The maximum Gasteiger partial charge on any atom is 0.0993 e. The fourth-order valence-electron chi connectivity index (χ4n) is 2.79. The number of hydrogen-bond acceptors (Lipinski definition) is 5. The first-order valence-electron chi connectivity index (χ1n) is 6.88. The summed E-state index contributed by atoms with van der Waals surface area (Å²) in [7, 11) is 0. The van der Waals surface area contributed by atoms with Gasteiger partial charge in [-0.3, -0.25) is 4.90 Å². The van der Waals surface area contributed by atoms with Crippen molar-refractivity contribution in [3.8, 4) is 6.07 Å². The third kappa shape index (κ3) is 2.42. The molecule has 0 atom stereocenters. The Morgan fingerprint density at radius 3 is 2.50 bits per heavy atom. The van der Waals surface area contributed by atoms with E-state index in [1.165, 1.54) is 0 Å². The molecule has 0 unspecified atom stereocenters. The molecule has 1 aromatic rings. The molecule has 2 saturated heterocycles. The van der Waals surface area contributed by atoms with E-state index in [4.69, 9.17) is 22.6 Å². The monoisotopic (exact) mass is 291 g/mol. The van der Waals surface area contributed by atoms with Crippen molar-refractivity contribution in [1.29, 1.82) is 5.26 Å². The van der Waals surface area contributed by atoms with Crippen molar-refractivity contribution in [2.24, 2.45) is 0 Å². The summed E-state index contributed by atoms with van der Waals surface area (Å²) >= 11 is 6.29. The molecule has 20 heavy (non-hydrogen) atoms. The normalized spacial score (nSPS) is 20.5. The van der Waals surface area contributed by atoms with E-state index in [2.05, 4.69) is 21.2 Å². The van der Waals surface area contributed by atoms with Crippen LogP contribution in [0.4, 0.5) is 11.4 Å². The van der Waals surface area contributed by atoms with Gasteiger partial charge < -0.3 is 16.0 Å². The van der Waals surface area contributed by atoms with Gasteiger partial charge in [-0.2, -0.15) is 5.26 Å². The zero-order chi connectivity index (χ0) is 14.1. The molecule has 0 spiro atoms. The summed E-state index contributed by atoms with van der Waals surface area (Å²) < 4.78 is 0. The van der Waals surface area contributed by atoms with Crippen LogP contribution in [0.3, 0.4) is 0 Å². The minimum Gasteiger partial charge on any atom is -0.397 e. The molecule has 106 valence electrons. The number of nitrogens with one attached hydrogen (secondary N) is 1. The Bertz CT molecular complexity index is 541. The summed E-state index contributed by atoms with van der Waals surface area (Å²) in [6.07, 6.45) is 0. The van der Waals surface area contributed by atoms with Crippen LogP contribution in [0.25, 0.3) is 0 Å². The van der Waals surface area contributed by atoms with Crippen molar-refractivity contribution in [3.63, 3.8) is 0 Å². The maximum absolute atomic E-state index is 9.05. The zero-order valence-corrected chi connectivity index (χ0v) is 12.0. The molecular formula is C14H18ClN5. The van der Waals surface area contributed by atoms with Crippen LogP contribution in [-0.4, -0.2) is 50.2 Å². The smallest absolute Gasteiger partial charge is 0.0993 e. The Balaban J connectivity index is 1.74. The van der Waals surface area contributed by atoms with Crippen molar-refractivity contribution < 1.29 is 0 Å². The van der Waals surface area contributed by atoms with Crippen LogP contribution in [0.1, 0.15) is 5.56 Å². The molecule has 5 nitrogen and oxygen atoms in total. The fourth-order valence-corrected chi connectivity index (χ4v) is 3.01. The van der Waals surface area contributed by atoms with Gasteiger partial charge in [-0.05, 0) is 12.1 Å². The Morgan fingerprint density at radius 1 is 1.25 bits per heavy atom. The molecular weight excluding hydrogens is 274 g/mol.